The fourth-order valence-electron chi connectivity index (χ4n) is 4.48. The van der Waals surface area contributed by atoms with Crippen molar-refractivity contribution in [1.29, 1.82) is 5.26 Å². The summed E-state index contributed by atoms with van der Waals surface area (Å²) < 4.78 is 42.8. The van der Waals surface area contributed by atoms with Crippen molar-refractivity contribution in [2.75, 3.05) is 4.90 Å². The third-order valence-corrected chi connectivity index (χ3v) is 7.69. The summed E-state index contributed by atoms with van der Waals surface area (Å²) in [5, 5.41) is 9.94. The maximum atomic E-state index is 14.0. The van der Waals surface area contributed by atoms with E-state index in [4.69, 9.17) is 17.3 Å². The number of nitrogens with two attached hydrogens (primary N) is 1. The van der Waals surface area contributed by atoms with Crippen LogP contribution in [0.2, 0.25) is 5.02 Å². The van der Waals surface area contributed by atoms with Crippen molar-refractivity contribution < 1.29 is 18.0 Å². The molecule has 0 fully saturated rings. The number of ketones is 1. The minimum absolute atomic E-state index is 0.0410. The van der Waals surface area contributed by atoms with Crippen molar-refractivity contribution in [3.05, 3.63) is 72.2 Å². The van der Waals surface area contributed by atoms with Crippen molar-refractivity contribution in [3.8, 4) is 6.07 Å². The van der Waals surface area contributed by atoms with Gasteiger partial charge < -0.3 is 5.73 Å². The number of alkyl halides is 3. The second-order valence-corrected chi connectivity index (χ2v) is 11.7. The normalized spacial score (nSPS) is 20.7. The van der Waals surface area contributed by atoms with Gasteiger partial charge in [0.05, 0.1) is 32.6 Å². The lowest BCUT2D eigenvalue weighted by atomic mass is 9.69. The zero-order valence-corrected chi connectivity index (χ0v) is 20.7. The summed E-state index contributed by atoms with van der Waals surface area (Å²) in [6, 6.07) is 9.05. The van der Waals surface area contributed by atoms with Crippen molar-refractivity contribution in [1.82, 2.24) is 0 Å². The van der Waals surface area contributed by atoms with Gasteiger partial charge in [-0.3, -0.25) is 9.69 Å². The lowest BCUT2D eigenvalue weighted by Gasteiger charge is -2.44. The molecule has 10 heteroatoms. The number of hydrogen-bond acceptors (Lipinski definition) is 5. The molecule has 1 unspecified atom stereocenters. The Morgan fingerprint density at radius 1 is 1.27 bits per heavy atom. The molecule has 0 bridgehead atoms. The van der Waals surface area contributed by atoms with Crippen LogP contribution < -0.4 is 10.6 Å². The molecule has 1 aliphatic heterocycles. The minimum Gasteiger partial charge on any atom is -0.384 e. The predicted molar refractivity (Wildman–Crippen MR) is 126 cm³/mol. The van der Waals surface area contributed by atoms with Crippen molar-refractivity contribution >= 4 is 50.3 Å². The van der Waals surface area contributed by atoms with E-state index in [0.29, 0.717) is 22.6 Å². The second-order valence-electron chi connectivity index (χ2n) is 8.78. The molecule has 172 valence electrons. The Labute approximate surface area is 206 Å². The van der Waals surface area contributed by atoms with E-state index in [0.717, 1.165) is 9.85 Å². The van der Waals surface area contributed by atoms with E-state index in [2.05, 4.69) is 22.0 Å². The van der Waals surface area contributed by atoms with Crippen LogP contribution in [0.25, 0.3) is 0 Å². The number of Topliss-reactive ketones (excluding diaryl/α,β-unsaturated/α-hetero) is 1. The fraction of sp³-hybridized carbons (Fsp3) is 0.304. The van der Waals surface area contributed by atoms with Crippen LogP contribution >= 0.6 is 38.9 Å². The highest BCUT2D eigenvalue weighted by Gasteiger charge is 2.46. The van der Waals surface area contributed by atoms with Crippen molar-refractivity contribution in [2.24, 2.45) is 11.1 Å². The van der Waals surface area contributed by atoms with Gasteiger partial charge in [0.1, 0.15) is 5.82 Å². The molecule has 1 aromatic carbocycles. The second kappa shape index (κ2) is 8.19. The lowest BCUT2D eigenvalue weighted by Crippen LogP contribution is -2.42. The highest BCUT2D eigenvalue weighted by molar-refractivity contribution is 9.11. The summed E-state index contributed by atoms with van der Waals surface area (Å²) in [7, 11) is 0. The van der Waals surface area contributed by atoms with Gasteiger partial charge in [0.25, 0.3) is 0 Å². The number of allylic oxidation sites excluding steroid dienone is 3. The molecular formula is C23H18BrClF3N3OS. The van der Waals surface area contributed by atoms with Gasteiger partial charge in [0.2, 0.25) is 0 Å². The van der Waals surface area contributed by atoms with Gasteiger partial charge >= 0.3 is 6.18 Å². The van der Waals surface area contributed by atoms with Crippen LogP contribution in [0.3, 0.4) is 0 Å². The molecule has 2 aliphatic rings. The molecule has 4 rings (SSSR count). The molecular weight excluding hydrogens is 539 g/mol. The van der Waals surface area contributed by atoms with Crippen LogP contribution in [0.1, 0.15) is 43.0 Å². The average Bonchev–Trinajstić information content (AvgIpc) is 3.12. The lowest BCUT2D eigenvalue weighted by molar-refractivity contribution is -0.137. The SMILES string of the molecule is CC1(C)CC(=O)C2=C(C1)N(c1ccc(Cl)cc1C(F)(F)F)C(N)=C(C#N)C2c1ccc(Br)s1. The molecule has 2 N–H and O–H groups in total. The monoisotopic (exact) mass is 555 g/mol. The van der Waals surface area contributed by atoms with E-state index in [9.17, 15) is 23.2 Å². The summed E-state index contributed by atoms with van der Waals surface area (Å²) in [6.45, 7) is 3.77. The number of nitriles is 1. The average molecular weight is 557 g/mol. The number of carbonyl (C=O) groups is 1. The largest absolute Gasteiger partial charge is 0.418 e. The van der Waals surface area contributed by atoms with E-state index in [1.165, 1.54) is 28.4 Å². The molecule has 0 saturated carbocycles. The first-order valence-electron chi connectivity index (χ1n) is 9.92. The fourth-order valence-corrected chi connectivity index (χ4v) is 6.20. The number of halogens is 5. The minimum atomic E-state index is -4.72. The van der Waals surface area contributed by atoms with Crippen LogP contribution in [-0.2, 0) is 11.0 Å². The molecule has 4 nitrogen and oxygen atoms in total. The Morgan fingerprint density at radius 2 is 1.97 bits per heavy atom. The number of carbonyl (C=O) groups excluding carboxylic acids is 1. The maximum Gasteiger partial charge on any atom is 0.418 e. The molecule has 1 aliphatic carbocycles. The van der Waals surface area contributed by atoms with Crippen LogP contribution in [0.4, 0.5) is 18.9 Å². The predicted octanol–water partition coefficient (Wildman–Crippen LogP) is 7.12. The maximum absolute atomic E-state index is 14.0. The Morgan fingerprint density at radius 3 is 2.55 bits per heavy atom. The standard InChI is InChI=1S/C23H18BrClF3N3OS/c1-22(2)8-15-20(16(32)9-22)19(17-5-6-18(24)33-17)12(10-29)21(30)31(15)14-4-3-11(25)7-13(14)23(26,27)28/h3-7,19H,8-9,30H2,1-2H3. The molecule has 1 aromatic heterocycles. The number of rotatable bonds is 2. The Kier molecular flexibility index (Phi) is 5.92. The van der Waals surface area contributed by atoms with Crippen molar-refractivity contribution in [3.63, 3.8) is 0 Å². The van der Waals surface area contributed by atoms with Crippen LogP contribution in [-0.4, -0.2) is 5.78 Å². The van der Waals surface area contributed by atoms with E-state index in [1.807, 2.05) is 13.8 Å². The number of thiophene rings is 1. The first kappa shape index (κ1) is 23.9. The summed E-state index contributed by atoms with van der Waals surface area (Å²) in [6.07, 6.45) is -4.19. The van der Waals surface area contributed by atoms with E-state index < -0.39 is 23.1 Å². The van der Waals surface area contributed by atoms with Gasteiger partial charge in [-0.05, 0) is 58.1 Å². The quantitative estimate of drug-likeness (QED) is 0.427. The molecule has 0 saturated heterocycles. The van der Waals surface area contributed by atoms with E-state index in [-0.39, 0.29) is 34.3 Å². The van der Waals surface area contributed by atoms with E-state index >= 15 is 0 Å². The molecule has 0 amide bonds. The third kappa shape index (κ3) is 4.20. The van der Waals surface area contributed by atoms with E-state index in [1.54, 1.807) is 12.1 Å². The van der Waals surface area contributed by atoms with Crippen LogP contribution in [0, 0.1) is 16.7 Å². The molecule has 2 aromatic rings. The summed E-state index contributed by atoms with van der Waals surface area (Å²) in [4.78, 5) is 15.4. The summed E-state index contributed by atoms with van der Waals surface area (Å²) in [5.41, 5.74) is 5.41. The zero-order valence-electron chi connectivity index (χ0n) is 17.6. The third-order valence-electron chi connectivity index (χ3n) is 5.76. The molecule has 1 atom stereocenters. The van der Waals surface area contributed by atoms with Crippen LogP contribution in [0.5, 0.6) is 0 Å². The first-order chi connectivity index (χ1) is 15.3. The number of hydrogen-bond donors (Lipinski definition) is 1. The van der Waals surface area contributed by atoms with Gasteiger partial charge in [0.15, 0.2) is 5.78 Å². The van der Waals surface area contributed by atoms with Gasteiger partial charge in [-0.2, -0.15) is 18.4 Å². The molecule has 0 spiro atoms. The number of anilines is 1. The topological polar surface area (TPSA) is 70.1 Å². The van der Waals surface area contributed by atoms with Crippen LogP contribution in [0.15, 0.2) is 56.8 Å². The highest BCUT2D eigenvalue weighted by Crippen LogP contribution is 2.53. The molecule has 33 heavy (non-hydrogen) atoms. The van der Waals surface area contributed by atoms with Gasteiger partial charge in [0, 0.05) is 27.6 Å². The summed E-state index contributed by atoms with van der Waals surface area (Å²) in [5.74, 6) is -1.06. The number of nitrogens with zero attached hydrogens (tertiary/aromatic N) is 2. The van der Waals surface area contributed by atoms with Gasteiger partial charge in [-0.25, -0.2) is 0 Å². The summed E-state index contributed by atoms with van der Waals surface area (Å²) >= 11 is 10.6. The highest BCUT2D eigenvalue weighted by atomic mass is 79.9. The number of benzene rings is 1. The van der Waals surface area contributed by atoms with Crippen molar-refractivity contribution in [2.45, 2.75) is 38.8 Å². The van der Waals surface area contributed by atoms with Gasteiger partial charge in [-0.15, -0.1) is 11.3 Å². The Bertz CT molecular complexity index is 1270. The molecule has 2 heterocycles. The molecule has 0 radical (unpaired) electrons. The Hall–Kier alpha value is -2.28. The Balaban J connectivity index is 2.05. The van der Waals surface area contributed by atoms with Gasteiger partial charge in [-0.1, -0.05) is 25.4 Å². The zero-order chi connectivity index (χ0) is 24.3. The smallest absolute Gasteiger partial charge is 0.384 e. The first-order valence-corrected chi connectivity index (χ1v) is 11.9.